The Bertz CT molecular complexity index is 1380. The first-order valence-corrected chi connectivity index (χ1v) is 13.6. The SMILES string of the molecule is CCNC(=O)Nc1cc(-c2nc(C(F)(F)F)cs2)c(-c2cc(C(=O)NN)cnc2OCCN2CCN(C)CC2)cn1. The molecule has 16 heteroatoms. The van der Waals surface area contributed by atoms with Gasteiger partial charge < -0.3 is 15.0 Å². The third-order valence-electron chi connectivity index (χ3n) is 6.28. The van der Waals surface area contributed by atoms with Crippen molar-refractivity contribution < 1.29 is 27.5 Å². The zero-order valence-corrected chi connectivity index (χ0v) is 23.2. The predicted octanol–water partition coefficient (Wildman–Crippen LogP) is 2.66. The molecule has 4 heterocycles. The number of hydrazine groups is 1. The first kappa shape index (κ1) is 30.1. The highest BCUT2D eigenvalue weighted by atomic mass is 32.1. The van der Waals surface area contributed by atoms with E-state index in [1.807, 2.05) is 5.43 Å². The van der Waals surface area contributed by atoms with Crippen LogP contribution in [0.15, 0.2) is 29.9 Å². The Morgan fingerprint density at radius 3 is 2.51 bits per heavy atom. The summed E-state index contributed by atoms with van der Waals surface area (Å²) >= 11 is 0.775. The third kappa shape index (κ3) is 7.66. The number of alkyl halides is 3. The largest absolute Gasteiger partial charge is 0.476 e. The minimum Gasteiger partial charge on any atom is -0.476 e. The van der Waals surface area contributed by atoms with Gasteiger partial charge in [-0.2, -0.15) is 13.2 Å². The van der Waals surface area contributed by atoms with Crippen molar-refractivity contribution in [3.8, 4) is 27.6 Å². The number of carbonyl (C=O) groups is 2. The number of rotatable bonds is 9. The van der Waals surface area contributed by atoms with Gasteiger partial charge in [-0.05, 0) is 26.1 Å². The molecule has 3 aromatic rings. The van der Waals surface area contributed by atoms with E-state index in [1.54, 1.807) is 6.92 Å². The molecule has 0 aromatic carbocycles. The lowest BCUT2D eigenvalue weighted by molar-refractivity contribution is -0.140. The van der Waals surface area contributed by atoms with Crippen molar-refractivity contribution in [1.82, 2.24) is 35.5 Å². The summed E-state index contributed by atoms with van der Waals surface area (Å²) in [5.41, 5.74) is 1.89. The normalized spacial score (nSPS) is 14.5. The second kappa shape index (κ2) is 13.2. The number of ether oxygens (including phenoxy) is 1. The van der Waals surface area contributed by atoms with Gasteiger partial charge >= 0.3 is 12.2 Å². The molecule has 41 heavy (non-hydrogen) atoms. The number of thiazole rings is 1. The molecule has 0 unspecified atom stereocenters. The summed E-state index contributed by atoms with van der Waals surface area (Å²) in [6.07, 6.45) is -2.00. The number of nitrogens with two attached hydrogens (primary N) is 1. The Morgan fingerprint density at radius 1 is 1.10 bits per heavy atom. The van der Waals surface area contributed by atoms with E-state index >= 15 is 0 Å². The number of hydrogen-bond donors (Lipinski definition) is 4. The van der Waals surface area contributed by atoms with Gasteiger partial charge in [-0.1, -0.05) is 0 Å². The van der Waals surface area contributed by atoms with Crippen LogP contribution < -0.4 is 26.6 Å². The Balaban J connectivity index is 1.74. The van der Waals surface area contributed by atoms with E-state index in [9.17, 15) is 22.8 Å². The van der Waals surface area contributed by atoms with Crippen LogP contribution in [0.5, 0.6) is 5.88 Å². The van der Waals surface area contributed by atoms with Crippen LogP contribution in [-0.4, -0.2) is 89.6 Å². The van der Waals surface area contributed by atoms with Crippen molar-refractivity contribution in [1.29, 1.82) is 0 Å². The first-order chi connectivity index (χ1) is 19.6. The minimum absolute atomic E-state index is 0.0192. The molecule has 0 aliphatic carbocycles. The van der Waals surface area contributed by atoms with Gasteiger partial charge in [0.15, 0.2) is 5.69 Å². The van der Waals surface area contributed by atoms with Crippen molar-refractivity contribution >= 4 is 29.1 Å². The Morgan fingerprint density at radius 2 is 1.85 bits per heavy atom. The van der Waals surface area contributed by atoms with Gasteiger partial charge in [-0.25, -0.2) is 25.6 Å². The van der Waals surface area contributed by atoms with E-state index in [-0.39, 0.29) is 34.4 Å². The maximum atomic E-state index is 13.4. The molecule has 1 saturated heterocycles. The molecule has 3 amide bonds. The van der Waals surface area contributed by atoms with E-state index < -0.39 is 23.8 Å². The zero-order valence-electron chi connectivity index (χ0n) is 22.4. The van der Waals surface area contributed by atoms with Crippen LogP contribution >= 0.6 is 11.3 Å². The molecule has 1 aliphatic heterocycles. The molecule has 4 rings (SSSR count). The predicted molar refractivity (Wildman–Crippen MR) is 147 cm³/mol. The van der Waals surface area contributed by atoms with Crippen molar-refractivity contribution in [2.45, 2.75) is 13.1 Å². The number of amides is 3. The average molecular weight is 594 g/mol. The summed E-state index contributed by atoms with van der Waals surface area (Å²) in [5, 5.41) is 6.04. The lowest BCUT2D eigenvalue weighted by Crippen LogP contribution is -2.45. The second-order valence-electron chi connectivity index (χ2n) is 9.18. The van der Waals surface area contributed by atoms with E-state index in [0.29, 0.717) is 24.2 Å². The summed E-state index contributed by atoms with van der Waals surface area (Å²) in [5.74, 6) is 4.92. The smallest absolute Gasteiger partial charge is 0.434 e. The van der Waals surface area contributed by atoms with Gasteiger partial charge in [0.25, 0.3) is 5.91 Å². The second-order valence-corrected chi connectivity index (χ2v) is 10.0. The molecule has 3 aromatic heterocycles. The quantitative estimate of drug-likeness (QED) is 0.167. The number of anilines is 1. The number of aromatic nitrogens is 3. The van der Waals surface area contributed by atoms with Gasteiger partial charge in [0.05, 0.1) is 5.56 Å². The molecule has 220 valence electrons. The van der Waals surface area contributed by atoms with Crippen LogP contribution in [0.1, 0.15) is 23.0 Å². The molecule has 5 N–H and O–H groups in total. The Kier molecular flexibility index (Phi) is 9.69. The maximum Gasteiger partial charge on any atom is 0.434 e. The van der Waals surface area contributed by atoms with Crippen molar-refractivity contribution in [3.63, 3.8) is 0 Å². The molecular weight excluding hydrogens is 563 g/mol. The summed E-state index contributed by atoms with van der Waals surface area (Å²) in [6.45, 7) is 6.64. The number of piperazine rings is 1. The number of pyridine rings is 2. The fraction of sp³-hybridized carbons (Fsp3) is 0.400. The highest BCUT2D eigenvalue weighted by molar-refractivity contribution is 7.13. The maximum absolute atomic E-state index is 13.4. The number of halogens is 3. The zero-order chi connectivity index (χ0) is 29.6. The topological polar surface area (TPSA) is 151 Å². The number of carbonyl (C=O) groups excluding carboxylic acids is 2. The minimum atomic E-state index is -4.65. The van der Waals surface area contributed by atoms with Gasteiger partial charge in [-0.15, -0.1) is 11.3 Å². The Labute approximate surface area is 238 Å². The first-order valence-electron chi connectivity index (χ1n) is 12.7. The number of hydrogen-bond acceptors (Lipinski definition) is 10. The number of nitrogens with zero attached hydrogens (tertiary/aromatic N) is 5. The summed E-state index contributed by atoms with van der Waals surface area (Å²) in [6, 6.07) is 2.34. The molecule has 0 saturated carbocycles. The van der Waals surface area contributed by atoms with Gasteiger partial charge in [-0.3, -0.25) is 20.4 Å². The van der Waals surface area contributed by atoms with E-state index in [4.69, 9.17) is 10.6 Å². The molecular formula is C25H30F3N9O3S. The summed E-state index contributed by atoms with van der Waals surface area (Å²) in [4.78, 5) is 41.3. The standard InChI is InChI=1S/C25H30F3N9O3S/c1-3-30-24(39)34-20-11-17(23-33-19(14-41-23)25(26,27)28)18(13-31-20)16-10-15(21(38)35-29)12-32-22(16)40-9-8-37-6-4-36(2)5-7-37/h10-14H,3-9,29H2,1-2H3,(H,35,38)(H2,30,31,34,39). The molecule has 0 bridgehead atoms. The number of nitrogen functional groups attached to an aromatic ring is 1. The molecule has 1 aliphatic rings. The van der Waals surface area contributed by atoms with Crippen molar-refractivity contribution in [2.24, 2.45) is 5.84 Å². The Hall–Kier alpha value is -3.86. The monoisotopic (exact) mass is 593 g/mol. The van der Waals surface area contributed by atoms with E-state index in [2.05, 4.69) is 42.4 Å². The van der Waals surface area contributed by atoms with E-state index in [1.165, 1.54) is 24.5 Å². The van der Waals surface area contributed by atoms with Gasteiger partial charge in [0.2, 0.25) is 5.88 Å². The highest BCUT2D eigenvalue weighted by Crippen LogP contribution is 2.40. The van der Waals surface area contributed by atoms with Crippen LogP contribution in [0.3, 0.4) is 0 Å². The molecule has 12 nitrogen and oxygen atoms in total. The fourth-order valence-corrected chi connectivity index (χ4v) is 4.93. The molecule has 0 atom stereocenters. The summed E-state index contributed by atoms with van der Waals surface area (Å²) < 4.78 is 46.3. The van der Waals surface area contributed by atoms with Crippen LogP contribution in [0, 0.1) is 0 Å². The van der Waals surface area contributed by atoms with Crippen LogP contribution in [0.25, 0.3) is 21.7 Å². The third-order valence-corrected chi connectivity index (χ3v) is 7.16. The molecule has 1 fully saturated rings. The van der Waals surface area contributed by atoms with Gasteiger partial charge in [0.1, 0.15) is 17.4 Å². The van der Waals surface area contributed by atoms with Crippen molar-refractivity contribution in [3.05, 3.63) is 41.2 Å². The molecule has 0 radical (unpaired) electrons. The lowest BCUT2D eigenvalue weighted by Gasteiger charge is -2.32. The molecule has 0 spiro atoms. The van der Waals surface area contributed by atoms with Crippen LogP contribution in [0.2, 0.25) is 0 Å². The number of urea groups is 1. The number of nitrogens with one attached hydrogen (secondary N) is 3. The van der Waals surface area contributed by atoms with Crippen LogP contribution in [0.4, 0.5) is 23.8 Å². The number of likely N-dealkylation sites (N-methyl/N-ethyl adjacent to an activating group) is 1. The van der Waals surface area contributed by atoms with Crippen LogP contribution in [-0.2, 0) is 6.18 Å². The van der Waals surface area contributed by atoms with Gasteiger partial charge in [0, 0.05) is 73.7 Å². The highest BCUT2D eigenvalue weighted by Gasteiger charge is 2.34. The van der Waals surface area contributed by atoms with E-state index in [0.717, 1.165) is 42.9 Å². The fourth-order valence-electron chi connectivity index (χ4n) is 4.07. The summed E-state index contributed by atoms with van der Waals surface area (Å²) in [7, 11) is 2.06. The average Bonchev–Trinajstić information content (AvgIpc) is 3.45. The lowest BCUT2D eigenvalue weighted by atomic mass is 10.0. The van der Waals surface area contributed by atoms with Crippen molar-refractivity contribution in [2.75, 3.05) is 58.2 Å².